The second kappa shape index (κ2) is 5.21. The van der Waals surface area contributed by atoms with E-state index in [1.54, 1.807) is 0 Å². The highest BCUT2D eigenvalue weighted by Crippen LogP contribution is 2.28. The van der Waals surface area contributed by atoms with E-state index in [1.807, 2.05) is 18.2 Å². The number of carbonyl (C=O) groups is 1. The molecule has 0 aliphatic heterocycles. The Morgan fingerprint density at radius 3 is 2.76 bits per heavy atom. The maximum atomic E-state index is 11.3. The van der Waals surface area contributed by atoms with Crippen LogP contribution in [0.15, 0.2) is 18.2 Å². The summed E-state index contributed by atoms with van der Waals surface area (Å²) in [6.45, 7) is 5.26. The lowest BCUT2D eigenvalue weighted by molar-refractivity contribution is -0.122. The first-order chi connectivity index (χ1) is 8.16. The minimum atomic E-state index is 0.175. The molecule has 1 aromatic carbocycles. The Morgan fingerprint density at radius 2 is 2.12 bits per heavy atom. The summed E-state index contributed by atoms with van der Waals surface area (Å²) in [5.74, 6) is 1.32. The maximum absolute atomic E-state index is 11.3. The summed E-state index contributed by atoms with van der Waals surface area (Å²) in [5, 5.41) is 2.88. The topological polar surface area (TPSA) is 38.3 Å². The Bertz CT molecular complexity index is 411. The van der Waals surface area contributed by atoms with E-state index >= 15 is 0 Å². The molecule has 0 atom stereocenters. The molecule has 1 aliphatic rings. The van der Waals surface area contributed by atoms with Gasteiger partial charge in [-0.3, -0.25) is 4.79 Å². The molecular formula is C14H19NO2. The molecular weight excluding hydrogens is 214 g/mol. The van der Waals surface area contributed by atoms with Crippen LogP contribution in [0.1, 0.15) is 24.0 Å². The molecule has 17 heavy (non-hydrogen) atoms. The third kappa shape index (κ3) is 3.48. The molecule has 2 rings (SSSR count). The number of rotatable bonds is 5. The first-order valence-corrected chi connectivity index (χ1v) is 6.14. The highest BCUT2D eigenvalue weighted by Gasteiger charge is 2.28. The molecule has 1 aromatic rings. The molecule has 0 unspecified atom stereocenters. The molecule has 0 heterocycles. The van der Waals surface area contributed by atoms with Crippen LogP contribution in [0.5, 0.6) is 5.75 Å². The number of hydrogen-bond acceptors (Lipinski definition) is 2. The normalized spacial score (nSPS) is 14.5. The van der Waals surface area contributed by atoms with Crippen molar-refractivity contribution in [3.63, 3.8) is 0 Å². The maximum Gasteiger partial charge on any atom is 0.223 e. The van der Waals surface area contributed by atoms with Crippen molar-refractivity contribution >= 4 is 5.91 Å². The summed E-state index contributed by atoms with van der Waals surface area (Å²) >= 11 is 0. The zero-order chi connectivity index (χ0) is 12.3. The fourth-order valence-electron chi connectivity index (χ4n) is 1.64. The Labute approximate surface area is 102 Å². The average Bonchev–Trinajstić information content (AvgIpc) is 3.13. The van der Waals surface area contributed by atoms with Crippen LogP contribution in [0.3, 0.4) is 0 Å². The Hall–Kier alpha value is -1.51. The molecule has 0 spiro atoms. The summed E-state index contributed by atoms with van der Waals surface area (Å²) in [7, 11) is 0. The van der Waals surface area contributed by atoms with E-state index in [9.17, 15) is 4.79 Å². The van der Waals surface area contributed by atoms with E-state index in [4.69, 9.17) is 4.74 Å². The van der Waals surface area contributed by atoms with Gasteiger partial charge in [-0.2, -0.15) is 0 Å². The number of amides is 1. The first-order valence-electron chi connectivity index (χ1n) is 6.14. The predicted molar refractivity (Wildman–Crippen MR) is 67.1 cm³/mol. The van der Waals surface area contributed by atoms with Gasteiger partial charge in [0.1, 0.15) is 12.4 Å². The van der Waals surface area contributed by atoms with Crippen molar-refractivity contribution in [3.05, 3.63) is 29.3 Å². The molecule has 3 nitrogen and oxygen atoms in total. The minimum Gasteiger partial charge on any atom is -0.492 e. The summed E-state index contributed by atoms with van der Waals surface area (Å²) < 4.78 is 5.58. The summed E-state index contributed by atoms with van der Waals surface area (Å²) in [4.78, 5) is 11.3. The van der Waals surface area contributed by atoms with Gasteiger partial charge in [0.2, 0.25) is 5.91 Å². The zero-order valence-electron chi connectivity index (χ0n) is 10.5. The number of benzene rings is 1. The molecule has 0 bridgehead atoms. The monoisotopic (exact) mass is 233 g/mol. The Kier molecular flexibility index (Phi) is 3.67. The number of ether oxygens (including phenoxy) is 1. The first kappa shape index (κ1) is 12.0. The van der Waals surface area contributed by atoms with Crippen molar-refractivity contribution in [2.24, 2.45) is 5.92 Å². The van der Waals surface area contributed by atoms with Crippen LogP contribution in [0.2, 0.25) is 0 Å². The van der Waals surface area contributed by atoms with Crippen molar-refractivity contribution in [2.75, 3.05) is 13.2 Å². The van der Waals surface area contributed by atoms with E-state index in [1.165, 1.54) is 11.1 Å². The van der Waals surface area contributed by atoms with E-state index in [-0.39, 0.29) is 11.8 Å². The van der Waals surface area contributed by atoms with Crippen LogP contribution >= 0.6 is 0 Å². The number of hydrogen-bond donors (Lipinski definition) is 1. The smallest absolute Gasteiger partial charge is 0.223 e. The zero-order valence-corrected chi connectivity index (χ0v) is 10.5. The van der Waals surface area contributed by atoms with E-state index < -0.39 is 0 Å². The van der Waals surface area contributed by atoms with Crippen LogP contribution in [0.4, 0.5) is 0 Å². The molecule has 0 aromatic heterocycles. The van der Waals surface area contributed by atoms with Crippen molar-refractivity contribution in [1.82, 2.24) is 5.32 Å². The molecule has 1 saturated carbocycles. The van der Waals surface area contributed by atoms with Crippen molar-refractivity contribution in [3.8, 4) is 5.75 Å². The fourth-order valence-corrected chi connectivity index (χ4v) is 1.64. The van der Waals surface area contributed by atoms with Crippen LogP contribution in [0.25, 0.3) is 0 Å². The molecule has 0 saturated heterocycles. The van der Waals surface area contributed by atoms with Gasteiger partial charge in [0.15, 0.2) is 0 Å². The van der Waals surface area contributed by atoms with Gasteiger partial charge in [-0.25, -0.2) is 0 Å². The Balaban J connectivity index is 1.70. The third-order valence-corrected chi connectivity index (χ3v) is 3.10. The fraction of sp³-hybridized carbons (Fsp3) is 0.500. The molecule has 0 radical (unpaired) electrons. The molecule has 3 heteroatoms. The van der Waals surface area contributed by atoms with Crippen molar-refractivity contribution in [2.45, 2.75) is 26.7 Å². The van der Waals surface area contributed by atoms with Gasteiger partial charge in [0, 0.05) is 5.92 Å². The van der Waals surface area contributed by atoms with Crippen molar-refractivity contribution < 1.29 is 9.53 Å². The molecule has 1 fully saturated rings. The quantitative estimate of drug-likeness (QED) is 0.792. The number of aryl methyl sites for hydroxylation is 2. The highest BCUT2D eigenvalue weighted by molar-refractivity contribution is 5.80. The molecule has 1 aliphatic carbocycles. The van der Waals surface area contributed by atoms with E-state index in [2.05, 4.69) is 19.2 Å². The van der Waals surface area contributed by atoms with E-state index in [0.717, 1.165) is 18.6 Å². The highest BCUT2D eigenvalue weighted by atomic mass is 16.5. The number of carbonyl (C=O) groups excluding carboxylic acids is 1. The third-order valence-electron chi connectivity index (χ3n) is 3.10. The molecule has 1 amide bonds. The van der Waals surface area contributed by atoms with Gasteiger partial charge in [-0.1, -0.05) is 6.07 Å². The van der Waals surface area contributed by atoms with Crippen LogP contribution in [-0.2, 0) is 4.79 Å². The van der Waals surface area contributed by atoms with Gasteiger partial charge >= 0.3 is 0 Å². The summed E-state index contributed by atoms with van der Waals surface area (Å²) in [6, 6.07) is 6.04. The van der Waals surface area contributed by atoms with Crippen LogP contribution < -0.4 is 10.1 Å². The standard InChI is InChI=1S/C14H19NO2/c1-10-3-6-13(9-11(10)2)17-8-7-15-14(16)12-4-5-12/h3,6,9,12H,4-5,7-8H2,1-2H3,(H,15,16). The van der Waals surface area contributed by atoms with Gasteiger partial charge in [0.05, 0.1) is 6.54 Å². The lowest BCUT2D eigenvalue weighted by Crippen LogP contribution is -2.29. The van der Waals surface area contributed by atoms with Crippen molar-refractivity contribution in [1.29, 1.82) is 0 Å². The average molecular weight is 233 g/mol. The second-order valence-corrected chi connectivity index (χ2v) is 4.66. The van der Waals surface area contributed by atoms with Crippen LogP contribution in [-0.4, -0.2) is 19.1 Å². The van der Waals surface area contributed by atoms with Gasteiger partial charge in [-0.15, -0.1) is 0 Å². The molecule has 92 valence electrons. The SMILES string of the molecule is Cc1ccc(OCCNC(=O)C2CC2)cc1C. The summed E-state index contributed by atoms with van der Waals surface area (Å²) in [6.07, 6.45) is 2.09. The Morgan fingerprint density at radius 1 is 1.35 bits per heavy atom. The largest absolute Gasteiger partial charge is 0.492 e. The predicted octanol–water partition coefficient (Wildman–Crippen LogP) is 2.21. The van der Waals surface area contributed by atoms with E-state index in [0.29, 0.717) is 13.2 Å². The number of nitrogens with one attached hydrogen (secondary N) is 1. The van der Waals surface area contributed by atoms with Gasteiger partial charge in [-0.05, 0) is 49.9 Å². The minimum absolute atomic E-state index is 0.175. The van der Waals surface area contributed by atoms with Gasteiger partial charge in [0.25, 0.3) is 0 Å². The van der Waals surface area contributed by atoms with Crippen LogP contribution in [0, 0.1) is 19.8 Å². The second-order valence-electron chi connectivity index (χ2n) is 4.66. The summed E-state index contributed by atoms with van der Waals surface area (Å²) in [5.41, 5.74) is 2.49. The van der Waals surface area contributed by atoms with Gasteiger partial charge < -0.3 is 10.1 Å². The molecule has 1 N–H and O–H groups in total. The lowest BCUT2D eigenvalue weighted by Gasteiger charge is -2.09. The lowest BCUT2D eigenvalue weighted by atomic mass is 10.1.